The molecule has 2 nitrogen and oxygen atoms in total. The van der Waals surface area contributed by atoms with Crippen LogP contribution in [0.3, 0.4) is 0 Å². The van der Waals surface area contributed by atoms with Gasteiger partial charge in [0.2, 0.25) is 0 Å². The molecule has 2 heteroatoms. The molecule has 0 aromatic carbocycles. The molecular weight excluding hydrogens is 160 g/mol. The predicted octanol–water partition coefficient (Wildman–Crippen LogP) is 2.75. The smallest absolute Gasteiger partial charge is 0.0592 e. The second-order valence-corrected chi connectivity index (χ2v) is 3.12. The molecule has 0 N–H and O–H groups in total. The van der Waals surface area contributed by atoms with Gasteiger partial charge in [0.25, 0.3) is 0 Å². The maximum atomic E-state index is 4.14. The second-order valence-electron chi connectivity index (χ2n) is 3.12. The number of rotatable bonds is 3. The van der Waals surface area contributed by atoms with Crippen molar-refractivity contribution >= 4 is 5.69 Å². The molecule has 0 unspecified atom stereocenters. The lowest BCUT2D eigenvalue weighted by molar-refractivity contribution is 1.12. The zero-order valence-electron chi connectivity index (χ0n) is 8.49. The third-order valence-corrected chi connectivity index (χ3v) is 1.83. The van der Waals surface area contributed by atoms with Crippen LogP contribution < -0.4 is 4.90 Å². The first-order valence-electron chi connectivity index (χ1n) is 4.55. The van der Waals surface area contributed by atoms with Gasteiger partial charge in [-0.2, -0.15) is 0 Å². The fourth-order valence-corrected chi connectivity index (χ4v) is 1.08. The van der Waals surface area contributed by atoms with Crippen molar-refractivity contribution in [1.29, 1.82) is 0 Å². The van der Waals surface area contributed by atoms with Crippen LogP contribution in [0.15, 0.2) is 30.7 Å². The summed E-state index contributed by atoms with van der Waals surface area (Å²) in [5.74, 6) is 0. The summed E-state index contributed by atoms with van der Waals surface area (Å²) in [6.45, 7) is 4.17. The van der Waals surface area contributed by atoms with Gasteiger partial charge in [0, 0.05) is 13.2 Å². The molecule has 70 valence electrons. The van der Waals surface area contributed by atoms with Crippen molar-refractivity contribution in [3.8, 4) is 0 Å². The van der Waals surface area contributed by atoms with Crippen molar-refractivity contribution in [2.45, 2.75) is 20.3 Å². The van der Waals surface area contributed by atoms with Crippen LogP contribution in [0.1, 0.15) is 18.9 Å². The van der Waals surface area contributed by atoms with E-state index in [1.165, 1.54) is 5.56 Å². The Balaban J connectivity index is 2.76. The van der Waals surface area contributed by atoms with Gasteiger partial charge < -0.3 is 4.90 Å². The van der Waals surface area contributed by atoms with E-state index < -0.39 is 0 Å². The van der Waals surface area contributed by atoms with E-state index in [0.29, 0.717) is 0 Å². The Bertz CT molecular complexity index is 292. The molecule has 0 aliphatic rings. The van der Waals surface area contributed by atoms with E-state index in [2.05, 4.69) is 35.1 Å². The van der Waals surface area contributed by atoms with E-state index in [4.69, 9.17) is 0 Å². The molecule has 0 fully saturated rings. The summed E-state index contributed by atoms with van der Waals surface area (Å²) in [5.41, 5.74) is 2.32. The molecule has 1 aromatic heterocycles. The number of aryl methyl sites for hydroxylation is 1. The number of hydrogen-bond donors (Lipinski definition) is 0. The van der Waals surface area contributed by atoms with E-state index in [1.807, 2.05) is 26.4 Å². The number of allylic oxidation sites excluding steroid dienone is 1. The zero-order chi connectivity index (χ0) is 9.68. The van der Waals surface area contributed by atoms with Crippen LogP contribution in [0.4, 0.5) is 5.69 Å². The Morgan fingerprint density at radius 1 is 1.46 bits per heavy atom. The first-order valence-corrected chi connectivity index (χ1v) is 4.55. The van der Waals surface area contributed by atoms with Gasteiger partial charge in [-0.25, -0.2) is 0 Å². The Morgan fingerprint density at radius 2 is 2.23 bits per heavy atom. The first kappa shape index (κ1) is 9.78. The van der Waals surface area contributed by atoms with Crippen LogP contribution in [0.5, 0.6) is 0 Å². The molecule has 0 aliphatic carbocycles. The maximum absolute atomic E-state index is 4.14. The molecule has 1 aromatic rings. The highest BCUT2D eigenvalue weighted by atomic mass is 15.1. The third kappa shape index (κ3) is 2.90. The lowest BCUT2D eigenvalue weighted by atomic mass is 10.3. The largest absolute Gasteiger partial charge is 0.350 e. The monoisotopic (exact) mass is 176 g/mol. The first-order chi connectivity index (χ1) is 6.24. The molecule has 0 bridgehead atoms. The van der Waals surface area contributed by atoms with Gasteiger partial charge in [0.15, 0.2) is 0 Å². The number of hydrogen-bond acceptors (Lipinski definition) is 2. The zero-order valence-corrected chi connectivity index (χ0v) is 8.49. The van der Waals surface area contributed by atoms with Gasteiger partial charge in [-0.15, -0.1) is 0 Å². The van der Waals surface area contributed by atoms with Crippen LogP contribution in [-0.2, 0) is 0 Å². The number of nitrogens with zero attached hydrogens (tertiary/aromatic N) is 2. The maximum Gasteiger partial charge on any atom is 0.0592 e. The normalized spacial score (nSPS) is 10.7. The second kappa shape index (κ2) is 4.65. The van der Waals surface area contributed by atoms with Crippen LogP contribution in [-0.4, -0.2) is 12.0 Å². The van der Waals surface area contributed by atoms with Crippen LogP contribution in [0, 0.1) is 6.92 Å². The quantitative estimate of drug-likeness (QED) is 0.704. The summed E-state index contributed by atoms with van der Waals surface area (Å²) in [6, 6.07) is 2.12. The lowest BCUT2D eigenvalue weighted by Crippen LogP contribution is -2.07. The van der Waals surface area contributed by atoms with Crippen molar-refractivity contribution in [2.24, 2.45) is 0 Å². The molecule has 0 saturated carbocycles. The van der Waals surface area contributed by atoms with Crippen LogP contribution in [0.2, 0.25) is 0 Å². The minimum atomic E-state index is 1.06. The topological polar surface area (TPSA) is 16.1 Å². The number of aromatic nitrogens is 1. The molecule has 1 rings (SSSR count). The highest BCUT2D eigenvalue weighted by molar-refractivity contribution is 5.47. The molecule has 13 heavy (non-hydrogen) atoms. The van der Waals surface area contributed by atoms with E-state index in [-0.39, 0.29) is 0 Å². The van der Waals surface area contributed by atoms with Crippen molar-refractivity contribution in [3.63, 3.8) is 0 Å². The predicted molar refractivity (Wildman–Crippen MR) is 56.8 cm³/mol. The molecule has 0 radical (unpaired) electrons. The van der Waals surface area contributed by atoms with Crippen LogP contribution >= 0.6 is 0 Å². The Hall–Kier alpha value is -1.31. The Morgan fingerprint density at radius 3 is 2.85 bits per heavy atom. The number of pyridine rings is 1. The Kier molecular flexibility index (Phi) is 3.50. The molecule has 0 saturated heterocycles. The highest BCUT2D eigenvalue weighted by Gasteiger charge is 1.95. The molecule has 0 amide bonds. The SMILES string of the molecule is CC/C=C\N(C)c1cncc(C)c1. The number of anilines is 1. The van der Waals surface area contributed by atoms with E-state index in [0.717, 1.165) is 12.1 Å². The fraction of sp³-hybridized carbons (Fsp3) is 0.364. The summed E-state index contributed by atoms with van der Waals surface area (Å²) < 4.78 is 0. The molecule has 0 spiro atoms. The summed E-state index contributed by atoms with van der Waals surface area (Å²) in [4.78, 5) is 6.21. The van der Waals surface area contributed by atoms with Crippen molar-refractivity contribution < 1.29 is 0 Å². The van der Waals surface area contributed by atoms with Crippen LogP contribution in [0.25, 0.3) is 0 Å². The summed E-state index contributed by atoms with van der Waals surface area (Å²) in [6.07, 6.45) is 8.98. The average Bonchev–Trinajstić information content (AvgIpc) is 2.14. The lowest BCUT2D eigenvalue weighted by Gasteiger charge is -2.13. The van der Waals surface area contributed by atoms with Crippen molar-refractivity contribution in [1.82, 2.24) is 4.98 Å². The molecular formula is C11H16N2. The minimum absolute atomic E-state index is 1.06. The van der Waals surface area contributed by atoms with E-state index in [1.54, 1.807) is 0 Å². The van der Waals surface area contributed by atoms with Crippen molar-refractivity contribution in [3.05, 3.63) is 36.3 Å². The van der Waals surface area contributed by atoms with Crippen molar-refractivity contribution in [2.75, 3.05) is 11.9 Å². The standard InChI is InChI=1S/C11H16N2/c1-4-5-6-13(3)11-7-10(2)8-12-9-11/h5-9H,4H2,1-3H3/b6-5-. The van der Waals surface area contributed by atoms with Gasteiger partial charge in [0.1, 0.15) is 0 Å². The van der Waals surface area contributed by atoms with Gasteiger partial charge in [0.05, 0.1) is 11.9 Å². The minimum Gasteiger partial charge on any atom is -0.350 e. The summed E-state index contributed by atoms with van der Waals surface area (Å²) in [7, 11) is 2.03. The Labute approximate surface area is 79.9 Å². The average molecular weight is 176 g/mol. The summed E-state index contributed by atoms with van der Waals surface area (Å²) in [5, 5.41) is 0. The molecule has 0 aliphatic heterocycles. The highest BCUT2D eigenvalue weighted by Crippen LogP contribution is 2.12. The molecule has 1 heterocycles. The van der Waals surface area contributed by atoms with Gasteiger partial charge in [-0.3, -0.25) is 4.98 Å². The summed E-state index contributed by atoms with van der Waals surface area (Å²) >= 11 is 0. The molecule has 0 atom stereocenters. The van der Waals surface area contributed by atoms with Gasteiger partial charge >= 0.3 is 0 Å². The third-order valence-electron chi connectivity index (χ3n) is 1.83. The van der Waals surface area contributed by atoms with E-state index in [9.17, 15) is 0 Å². The van der Waals surface area contributed by atoms with Gasteiger partial charge in [-0.1, -0.05) is 13.0 Å². The van der Waals surface area contributed by atoms with E-state index >= 15 is 0 Å². The van der Waals surface area contributed by atoms with Gasteiger partial charge in [-0.05, 0) is 31.2 Å². The fourth-order valence-electron chi connectivity index (χ4n) is 1.08.